The van der Waals surface area contributed by atoms with E-state index in [-0.39, 0.29) is 0 Å². The van der Waals surface area contributed by atoms with Crippen molar-refractivity contribution in [3.63, 3.8) is 0 Å². The van der Waals surface area contributed by atoms with Crippen LogP contribution >= 0.6 is 0 Å². The van der Waals surface area contributed by atoms with Gasteiger partial charge in [-0.2, -0.15) is 0 Å². The van der Waals surface area contributed by atoms with E-state index in [0.29, 0.717) is 0 Å². The van der Waals surface area contributed by atoms with E-state index in [9.17, 15) is 0 Å². The van der Waals surface area contributed by atoms with Crippen LogP contribution < -0.4 is 3.58 Å². The molecule has 1 aromatic carbocycles. The fourth-order valence-corrected chi connectivity index (χ4v) is 3.22. The molecule has 0 bridgehead atoms. The van der Waals surface area contributed by atoms with Crippen LogP contribution in [0.5, 0.6) is 0 Å². The molecule has 0 spiro atoms. The summed E-state index contributed by atoms with van der Waals surface area (Å²) in [5.74, 6) is 0. The Hall–Kier alpha value is 0.0187. The fourth-order valence-electron chi connectivity index (χ4n) is 0.771. The van der Waals surface area contributed by atoms with Gasteiger partial charge < -0.3 is 0 Å². The summed E-state index contributed by atoms with van der Waals surface area (Å²) in [6, 6.07) is 10.8. The second-order valence-electron chi connectivity index (χ2n) is 2.37. The summed E-state index contributed by atoms with van der Waals surface area (Å²) in [6.07, 6.45) is 0. The van der Waals surface area contributed by atoms with Crippen LogP contribution in [-0.2, 0) is 0 Å². The molecule has 0 saturated carbocycles. The number of rotatable bonds is 1. The second-order valence-corrected chi connectivity index (χ2v) is 9.72. The van der Waals surface area contributed by atoms with Gasteiger partial charge in [-0.3, -0.25) is 0 Å². The summed E-state index contributed by atoms with van der Waals surface area (Å²) < 4.78 is 1.61. The molecule has 0 atom stereocenters. The predicted molar refractivity (Wildman–Crippen MR) is 43.6 cm³/mol. The molecular formula is C8H11Sn. The summed E-state index contributed by atoms with van der Waals surface area (Å²) in [5, 5.41) is 0. The normalized spacial score (nSPS) is 10.1. The third kappa shape index (κ3) is 2.01. The van der Waals surface area contributed by atoms with Gasteiger partial charge >= 0.3 is 63.6 Å². The maximum atomic E-state index is 2.40. The zero-order valence-electron chi connectivity index (χ0n) is 5.89. The monoisotopic (exact) mass is 227 g/mol. The van der Waals surface area contributed by atoms with Gasteiger partial charge in [0.25, 0.3) is 0 Å². The van der Waals surface area contributed by atoms with E-state index in [0.717, 1.165) is 0 Å². The first-order valence-electron chi connectivity index (χ1n) is 3.16. The van der Waals surface area contributed by atoms with E-state index in [1.54, 1.807) is 3.58 Å². The van der Waals surface area contributed by atoms with Gasteiger partial charge in [0, 0.05) is 0 Å². The summed E-state index contributed by atoms with van der Waals surface area (Å²) in [7, 11) is 0. The van der Waals surface area contributed by atoms with Crippen LogP contribution in [0.2, 0.25) is 9.88 Å². The Morgan fingerprint density at radius 3 is 1.89 bits per heavy atom. The van der Waals surface area contributed by atoms with Crippen molar-refractivity contribution in [3.8, 4) is 0 Å². The molecule has 0 amide bonds. The quantitative estimate of drug-likeness (QED) is 0.638. The van der Waals surface area contributed by atoms with Gasteiger partial charge in [-0.25, -0.2) is 0 Å². The number of hydrogen-bond acceptors (Lipinski definition) is 0. The van der Waals surface area contributed by atoms with E-state index in [4.69, 9.17) is 0 Å². The molecule has 1 radical (unpaired) electrons. The average Bonchev–Trinajstić information content (AvgIpc) is 1.90. The third-order valence-corrected chi connectivity index (χ3v) is 5.60. The van der Waals surface area contributed by atoms with Crippen LogP contribution in [0.25, 0.3) is 0 Å². The van der Waals surface area contributed by atoms with Crippen molar-refractivity contribution in [1.29, 1.82) is 0 Å². The second kappa shape index (κ2) is 3.25. The molecule has 1 rings (SSSR count). The molecule has 0 N–H and O–H groups in total. The predicted octanol–water partition coefficient (Wildman–Crippen LogP) is 1.65. The molecule has 47 valence electrons. The molecule has 0 saturated heterocycles. The van der Waals surface area contributed by atoms with Gasteiger partial charge in [0.05, 0.1) is 0 Å². The number of hydrogen-bond donors (Lipinski definition) is 0. The minimum atomic E-state index is -1.02. The Morgan fingerprint density at radius 1 is 1.00 bits per heavy atom. The van der Waals surface area contributed by atoms with Gasteiger partial charge in [0.1, 0.15) is 0 Å². The summed E-state index contributed by atoms with van der Waals surface area (Å²) in [6.45, 7) is 0. The molecule has 1 heteroatoms. The van der Waals surface area contributed by atoms with Gasteiger partial charge in [-0.05, 0) is 0 Å². The molecule has 9 heavy (non-hydrogen) atoms. The van der Waals surface area contributed by atoms with Crippen molar-refractivity contribution in [2.24, 2.45) is 0 Å². The standard InChI is InChI=1S/C6H5.2CH3.Sn/c1-2-4-6-5-3-1;;;/h1-5H;2*1H3;. The Labute approximate surface area is 63.6 Å². The van der Waals surface area contributed by atoms with Crippen molar-refractivity contribution in [1.82, 2.24) is 0 Å². The van der Waals surface area contributed by atoms with Crippen LogP contribution in [0.15, 0.2) is 30.3 Å². The molecule has 0 nitrogen and oxygen atoms in total. The van der Waals surface area contributed by atoms with Crippen molar-refractivity contribution < 1.29 is 0 Å². The maximum absolute atomic E-state index is 2.40. The van der Waals surface area contributed by atoms with Gasteiger partial charge in [-0.1, -0.05) is 0 Å². The van der Waals surface area contributed by atoms with Gasteiger partial charge in [0.2, 0.25) is 0 Å². The summed E-state index contributed by atoms with van der Waals surface area (Å²) in [4.78, 5) is 4.80. The molecule has 0 aliphatic carbocycles. The topological polar surface area (TPSA) is 0 Å². The minimum absolute atomic E-state index is 1.02. The first-order valence-corrected chi connectivity index (χ1v) is 10.3. The Morgan fingerprint density at radius 2 is 1.56 bits per heavy atom. The molecule has 0 unspecified atom stereocenters. The van der Waals surface area contributed by atoms with Crippen LogP contribution in [0.3, 0.4) is 0 Å². The SMILES string of the molecule is [CH3][Sn]([CH3])[c]1ccccc1. The first-order chi connectivity index (χ1) is 4.30. The number of benzene rings is 1. The molecular weight excluding hydrogens is 215 g/mol. The van der Waals surface area contributed by atoms with Gasteiger partial charge in [-0.15, -0.1) is 0 Å². The third-order valence-electron chi connectivity index (χ3n) is 1.35. The van der Waals surface area contributed by atoms with Crippen LogP contribution in [0.4, 0.5) is 0 Å². The van der Waals surface area contributed by atoms with Gasteiger partial charge in [0.15, 0.2) is 0 Å². The van der Waals surface area contributed by atoms with E-state index in [1.807, 2.05) is 0 Å². The molecule has 0 heterocycles. The van der Waals surface area contributed by atoms with E-state index in [2.05, 4.69) is 40.2 Å². The Balaban J connectivity index is 2.85. The average molecular weight is 226 g/mol. The molecule has 0 fully saturated rings. The zero-order chi connectivity index (χ0) is 6.69. The van der Waals surface area contributed by atoms with Crippen LogP contribution in [-0.4, -0.2) is 19.8 Å². The molecule has 0 aliphatic heterocycles. The first kappa shape index (κ1) is 7.13. The molecule has 1 aromatic rings. The van der Waals surface area contributed by atoms with Crippen molar-refractivity contribution in [3.05, 3.63) is 30.3 Å². The van der Waals surface area contributed by atoms with Crippen LogP contribution in [0, 0.1) is 0 Å². The Kier molecular flexibility index (Phi) is 2.58. The van der Waals surface area contributed by atoms with E-state index in [1.165, 1.54) is 0 Å². The fraction of sp³-hybridized carbons (Fsp3) is 0.250. The van der Waals surface area contributed by atoms with Crippen molar-refractivity contribution in [2.75, 3.05) is 0 Å². The van der Waals surface area contributed by atoms with E-state index < -0.39 is 19.8 Å². The molecule has 0 aliphatic rings. The zero-order valence-corrected chi connectivity index (χ0v) is 8.74. The summed E-state index contributed by atoms with van der Waals surface area (Å²) in [5.41, 5.74) is 0. The van der Waals surface area contributed by atoms with Crippen molar-refractivity contribution in [2.45, 2.75) is 9.88 Å². The van der Waals surface area contributed by atoms with Crippen molar-refractivity contribution >= 4 is 23.3 Å². The van der Waals surface area contributed by atoms with E-state index >= 15 is 0 Å². The summed E-state index contributed by atoms with van der Waals surface area (Å²) >= 11 is -1.02. The van der Waals surface area contributed by atoms with Crippen LogP contribution in [0.1, 0.15) is 0 Å². The Bertz CT molecular complexity index is 167. The molecule has 0 aromatic heterocycles.